The van der Waals surface area contributed by atoms with E-state index in [0.29, 0.717) is 11.4 Å². The normalized spacial score (nSPS) is 12.3. The fraction of sp³-hybridized carbons (Fsp3) is 0.312. The Bertz CT molecular complexity index is 512. The van der Waals surface area contributed by atoms with E-state index in [1.807, 2.05) is 25.2 Å². The van der Waals surface area contributed by atoms with Gasteiger partial charge >= 0.3 is 0 Å². The summed E-state index contributed by atoms with van der Waals surface area (Å²) in [6.07, 6.45) is 4.87. The molecule has 20 heavy (non-hydrogen) atoms. The van der Waals surface area contributed by atoms with Crippen LogP contribution >= 0.6 is 11.6 Å². The zero-order valence-electron chi connectivity index (χ0n) is 11.4. The van der Waals surface area contributed by atoms with Gasteiger partial charge in [-0.05, 0) is 55.6 Å². The Morgan fingerprint density at radius 2 is 1.95 bits per heavy atom. The third-order valence-electron chi connectivity index (χ3n) is 3.32. The smallest absolute Gasteiger partial charge is 0.126 e. The van der Waals surface area contributed by atoms with E-state index < -0.39 is 0 Å². The Morgan fingerprint density at radius 1 is 1.20 bits per heavy atom. The number of benzene rings is 1. The van der Waals surface area contributed by atoms with Gasteiger partial charge in [0.2, 0.25) is 0 Å². The average molecular weight is 293 g/mol. The molecule has 0 fully saturated rings. The fourth-order valence-corrected chi connectivity index (χ4v) is 2.56. The highest BCUT2D eigenvalue weighted by molar-refractivity contribution is 6.31. The van der Waals surface area contributed by atoms with Crippen LogP contribution in [-0.4, -0.2) is 18.6 Å². The minimum atomic E-state index is -0.144. The SMILES string of the molecule is CNCC(Cc1ccccc1F)Cc1ccncc1Cl. The number of hydrogen-bond donors (Lipinski definition) is 1. The first kappa shape index (κ1) is 14.9. The summed E-state index contributed by atoms with van der Waals surface area (Å²) >= 11 is 6.15. The standard InChI is InChI=1S/C16H18ClFN2/c1-19-10-12(8-13-6-7-20-11-15(13)17)9-14-4-2-3-5-16(14)18/h2-7,11-12,19H,8-10H2,1H3. The highest BCUT2D eigenvalue weighted by Crippen LogP contribution is 2.21. The Balaban J connectivity index is 2.12. The molecule has 4 heteroatoms. The second-order valence-electron chi connectivity index (χ2n) is 4.89. The lowest BCUT2D eigenvalue weighted by Crippen LogP contribution is -2.23. The van der Waals surface area contributed by atoms with Crippen LogP contribution in [0, 0.1) is 11.7 Å². The molecule has 106 valence electrons. The van der Waals surface area contributed by atoms with Gasteiger partial charge in [0.25, 0.3) is 0 Å². The fourth-order valence-electron chi connectivity index (χ4n) is 2.36. The molecule has 1 atom stereocenters. The van der Waals surface area contributed by atoms with Crippen LogP contribution in [-0.2, 0) is 12.8 Å². The molecule has 2 aromatic rings. The Morgan fingerprint density at radius 3 is 2.65 bits per heavy atom. The second-order valence-corrected chi connectivity index (χ2v) is 5.30. The van der Waals surface area contributed by atoms with Crippen molar-refractivity contribution >= 4 is 11.6 Å². The lowest BCUT2D eigenvalue weighted by Gasteiger charge is -2.17. The summed E-state index contributed by atoms with van der Waals surface area (Å²) in [6.45, 7) is 0.812. The van der Waals surface area contributed by atoms with E-state index in [4.69, 9.17) is 11.6 Å². The van der Waals surface area contributed by atoms with Gasteiger partial charge in [-0.25, -0.2) is 4.39 Å². The van der Waals surface area contributed by atoms with Crippen LogP contribution in [0.2, 0.25) is 5.02 Å². The van der Waals surface area contributed by atoms with Gasteiger partial charge in [0.1, 0.15) is 5.82 Å². The van der Waals surface area contributed by atoms with Crippen LogP contribution in [0.5, 0.6) is 0 Å². The van der Waals surface area contributed by atoms with E-state index in [1.165, 1.54) is 6.07 Å². The summed E-state index contributed by atoms with van der Waals surface area (Å²) in [6, 6.07) is 8.85. The minimum absolute atomic E-state index is 0.144. The van der Waals surface area contributed by atoms with Crippen molar-refractivity contribution in [1.29, 1.82) is 0 Å². The quantitative estimate of drug-likeness (QED) is 0.881. The van der Waals surface area contributed by atoms with Crippen molar-refractivity contribution in [3.05, 3.63) is 64.7 Å². The molecule has 0 aliphatic carbocycles. The predicted molar refractivity (Wildman–Crippen MR) is 80.5 cm³/mol. The van der Waals surface area contributed by atoms with Crippen molar-refractivity contribution in [2.45, 2.75) is 12.8 Å². The number of nitrogens with zero attached hydrogens (tertiary/aromatic N) is 1. The monoisotopic (exact) mass is 292 g/mol. The van der Waals surface area contributed by atoms with Gasteiger partial charge in [0.15, 0.2) is 0 Å². The summed E-state index contributed by atoms with van der Waals surface area (Å²) in [5.74, 6) is 0.145. The Hall–Kier alpha value is -1.45. The predicted octanol–water partition coefficient (Wildman–Crippen LogP) is 3.49. The third-order valence-corrected chi connectivity index (χ3v) is 3.66. The van der Waals surface area contributed by atoms with Crippen LogP contribution in [0.1, 0.15) is 11.1 Å². The molecule has 1 aromatic carbocycles. The first-order valence-electron chi connectivity index (χ1n) is 6.67. The van der Waals surface area contributed by atoms with Crippen molar-refractivity contribution in [2.24, 2.45) is 5.92 Å². The highest BCUT2D eigenvalue weighted by Gasteiger charge is 2.14. The van der Waals surface area contributed by atoms with E-state index in [9.17, 15) is 4.39 Å². The largest absolute Gasteiger partial charge is 0.319 e. The van der Waals surface area contributed by atoms with E-state index in [1.54, 1.807) is 18.5 Å². The van der Waals surface area contributed by atoms with Gasteiger partial charge in [0.05, 0.1) is 5.02 Å². The van der Waals surface area contributed by atoms with E-state index in [0.717, 1.165) is 24.1 Å². The lowest BCUT2D eigenvalue weighted by molar-refractivity contribution is 0.480. The number of halogens is 2. The molecular weight excluding hydrogens is 275 g/mol. The Kier molecular flexibility index (Phi) is 5.50. The van der Waals surface area contributed by atoms with Crippen molar-refractivity contribution < 1.29 is 4.39 Å². The molecule has 0 bridgehead atoms. The minimum Gasteiger partial charge on any atom is -0.319 e. The molecule has 2 nitrogen and oxygen atoms in total. The third kappa shape index (κ3) is 4.02. The van der Waals surface area contributed by atoms with Crippen molar-refractivity contribution in [3.63, 3.8) is 0 Å². The number of aromatic nitrogens is 1. The van der Waals surface area contributed by atoms with E-state index in [-0.39, 0.29) is 11.7 Å². The molecule has 1 heterocycles. The Labute approximate surface area is 124 Å². The van der Waals surface area contributed by atoms with Crippen LogP contribution in [0.3, 0.4) is 0 Å². The van der Waals surface area contributed by atoms with Crippen molar-refractivity contribution in [1.82, 2.24) is 10.3 Å². The van der Waals surface area contributed by atoms with Crippen molar-refractivity contribution in [2.75, 3.05) is 13.6 Å². The van der Waals surface area contributed by atoms with Crippen molar-refractivity contribution in [3.8, 4) is 0 Å². The molecule has 0 saturated carbocycles. The molecule has 1 aromatic heterocycles. The van der Waals surface area contributed by atoms with Gasteiger partial charge in [0, 0.05) is 12.4 Å². The molecule has 2 rings (SSSR count). The molecule has 0 radical (unpaired) electrons. The lowest BCUT2D eigenvalue weighted by atomic mass is 9.92. The number of hydrogen-bond acceptors (Lipinski definition) is 2. The van der Waals surface area contributed by atoms with Crippen LogP contribution in [0.4, 0.5) is 4.39 Å². The molecule has 1 unspecified atom stereocenters. The topological polar surface area (TPSA) is 24.9 Å². The maximum atomic E-state index is 13.8. The zero-order chi connectivity index (χ0) is 14.4. The van der Waals surface area contributed by atoms with Gasteiger partial charge in [-0.2, -0.15) is 0 Å². The van der Waals surface area contributed by atoms with E-state index in [2.05, 4.69) is 10.3 Å². The van der Waals surface area contributed by atoms with Crippen LogP contribution in [0.25, 0.3) is 0 Å². The number of nitrogens with one attached hydrogen (secondary N) is 1. The zero-order valence-corrected chi connectivity index (χ0v) is 12.2. The first-order valence-corrected chi connectivity index (χ1v) is 7.05. The van der Waals surface area contributed by atoms with Gasteiger partial charge in [-0.15, -0.1) is 0 Å². The average Bonchev–Trinajstić information content (AvgIpc) is 2.44. The van der Waals surface area contributed by atoms with E-state index >= 15 is 0 Å². The second kappa shape index (κ2) is 7.36. The number of pyridine rings is 1. The van der Waals surface area contributed by atoms with Gasteiger partial charge in [-0.1, -0.05) is 29.8 Å². The molecule has 0 saturated heterocycles. The van der Waals surface area contributed by atoms with Crippen LogP contribution in [0.15, 0.2) is 42.7 Å². The van der Waals surface area contributed by atoms with Crippen LogP contribution < -0.4 is 5.32 Å². The maximum absolute atomic E-state index is 13.8. The highest BCUT2D eigenvalue weighted by atomic mass is 35.5. The summed E-state index contributed by atoms with van der Waals surface area (Å²) in [7, 11) is 1.91. The van der Waals surface area contributed by atoms with Gasteiger partial charge < -0.3 is 5.32 Å². The summed E-state index contributed by atoms with van der Waals surface area (Å²) in [5, 5.41) is 3.83. The molecule has 0 aliphatic heterocycles. The molecule has 1 N–H and O–H groups in total. The summed E-state index contributed by atoms with van der Waals surface area (Å²) in [4.78, 5) is 3.99. The van der Waals surface area contributed by atoms with Gasteiger partial charge in [-0.3, -0.25) is 4.98 Å². The number of rotatable bonds is 6. The maximum Gasteiger partial charge on any atom is 0.126 e. The molecule has 0 amide bonds. The molecular formula is C16H18ClFN2. The molecule has 0 aliphatic rings. The summed E-state index contributed by atoms with van der Waals surface area (Å²) < 4.78 is 13.8. The first-order chi connectivity index (χ1) is 9.70. The molecule has 0 spiro atoms. The summed E-state index contributed by atoms with van der Waals surface area (Å²) in [5.41, 5.74) is 1.80.